The molecule has 1 saturated heterocycles. The standard InChI is InChI=1S/C5H11NO.C2HF3O2/c1-5(4-7)2-3-6-5;3-2(4,5)1(6)7/h6-7H,2-4H2,1H3;(H,6,7). The monoisotopic (exact) mass is 215 g/mol. The molecule has 0 aromatic carbocycles. The smallest absolute Gasteiger partial charge is 0.475 e. The zero-order chi connectivity index (χ0) is 11.4. The first-order valence-corrected chi connectivity index (χ1v) is 3.87. The van der Waals surface area contributed by atoms with Crippen LogP contribution in [0.4, 0.5) is 13.2 Å². The SMILES string of the molecule is CC1(CO)CCN1.O=C(O)C(F)(F)F. The van der Waals surface area contributed by atoms with E-state index in [0.29, 0.717) is 0 Å². The lowest BCUT2D eigenvalue weighted by atomic mass is 9.92. The van der Waals surface area contributed by atoms with Gasteiger partial charge in [0, 0.05) is 5.54 Å². The minimum absolute atomic E-state index is 0.0694. The molecule has 0 spiro atoms. The van der Waals surface area contributed by atoms with Crippen molar-refractivity contribution in [2.24, 2.45) is 0 Å². The molecule has 0 aliphatic carbocycles. The second-order valence-electron chi connectivity index (χ2n) is 3.20. The number of carboxylic acid groups (broad SMARTS) is 1. The summed E-state index contributed by atoms with van der Waals surface area (Å²) in [5.74, 6) is -2.76. The van der Waals surface area contributed by atoms with Gasteiger partial charge in [-0.2, -0.15) is 13.2 Å². The molecule has 0 aromatic rings. The highest BCUT2D eigenvalue weighted by Gasteiger charge is 2.38. The van der Waals surface area contributed by atoms with Gasteiger partial charge in [-0.1, -0.05) is 0 Å². The molecule has 0 amide bonds. The molecule has 0 bridgehead atoms. The van der Waals surface area contributed by atoms with Crippen molar-refractivity contribution in [1.29, 1.82) is 0 Å². The molecule has 4 nitrogen and oxygen atoms in total. The molecular formula is C7H12F3NO3. The molecule has 0 aromatic heterocycles. The van der Waals surface area contributed by atoms with Crippen LogP contribution in [0.5, 0.6) is 0 Å². The van der Waals surface area contributed by atoms with Crippen molar-refractivity contribution in [3.8, 4) is 0 Å². The summed E-state index contributed by atoms with van der Waals surface area (Å²) in [6.45, 7) is 3.36. The van der Waals surface area contributed by atoms with Gasteiger partial charge in [0.05, 0.1) is 6.61 Å². The van der Waals surface area contributed by atoms with Crippen molar-refractivity contribution in [1.82, 2.24) is 5.32 Å². The largest absolute Gasteiger partial charge is 0.490 e. The first-order valence-electron chi connectivity index (χ1n) is 3.87. The normalized spacial score (nSPS) is 25.8. The highest BCUT2D eigenvalue weighted by atomic mass is 19.4. The maximum atomic E-state index is 10.6. The van der Waals surface area contributed by atoms with Gasteiger partial charge in [0.2, 0.25) is 0 Å². The van der Waals surface area contributed by atoms with Crippen LogP contribution in [-0.2, 0) is 4.79 Å². The first kappa shape index (κ1) is 13.2. The maximum Gasteiger partial charge on any atom is 0.490 e. The highest BCUT2D eigenvalue weighted by molar-refractivity contribution is 5.73. The van der Waals surface area contributed by atoms with Crippen LogP contribution in [0.2, 0.25) is 0 Å². The van der Waals surface area contributed by atoms with Crippen molar-refractivity contribution in [3.63, 3.8) is 0 Å². The van der Waals surface area contributed by atoms with Gasteiger partial charge in [-0.15, -0.1) is 0 Å². The molecular weight excluding hydrogens is 203 g/mol. The fourth-order valence-corrected chi connectivity index (χ4v) is 0.687. The fraction of sp³-hybridized carbons (Fsp3) is 0.857. The molecule has 1 unspecified atom stereocenters. The van der Waals surface area contributed by atoms with Crippen LogP contribution < -0.4 is 5.32 Å². The molecule has 1 atom stereocenters. The van der Waals surface area contributed by atoms with Gasteiger partial charge in [0.25, 0.3) is 0 Å². The van der Waals surface area contributed by atoms with Crippen molar-refractivity contribution in [2.45, 2.75) is 25.1 Å². The Morgan fingerprint density at radius 3 is 1.93 bits per heavy atom. The average molecular weight is 215 g/mol. The number of carboxylic acids is 1. The van der Waals surface area contributed by atoms with Crippen molar-refractivity contribution < 1.29 is 28.2 Å². The van der Waals surface area contributed by atoms with Crippen LogP contribution >= 0.6 is 0 Å². The molecule has 1 aliphatic rings. The summed E-state index contributed by atoms with van der Waals surface area (Å²) in [5.41, 5.74) is 0.0694. The van der Waals surface area contributed by atoms with Gasteiger partial charge in [0.15, 0.2) is 0 Å². The van der Waals surface area contributed by atoms with Crippen LogP contribution in [0.25, 0.3) is 0 Å². The molecule has 0 radical (unpaired) electrons. The highest BCUT2D eigenvalue weighted by Crippen LogP contribution is 2.15. The van der Waals surface area contributed by atoms with Gasteiger partial charge < -0.3 is 15.5 Å². The zero-order valence-corrected chi connectivity index (χ0v) is 7.56. The lowest BCUT2D eigenvalue weighted by Gasteiger charge is -2.38. The predicted octanol–water partition coefficient (Wildman–Crippen LogP) is 0.364. The Labute approximate surface area is 78.7 Å². The van der Waals surface area contributed by atoms with Crippen LogP contribution in [-0.4, -0.2) is 41.0 Å². The van der Waals surface area contributed by atoms with E-state index in [1.807, 2.05) is 6.92 Å². The van der Waals surface area contributed by atoms with Crippen LogP contribution in [0, 0.1) is 0 Å². The van der Waals surface area contributed by atoms with E-state index in [2.05, 4.69) is 5.32 Å². The van der Waals surface area contributed by atoms with Gasteiger partial charge in [-0.25, -0.2) is 4.79 Å². The lowest BCUT2D eigenvalue weighted by molar-refractivity contribution is -0.192. The third-order valence-electron chi connectivity index (χ3n) is 1.82. The Kier molecular flexibility index (Phi) is 4.34. The molecule has 0 saturated carbocycles. The number of hydrogen-bond acceptors (Lipinski definition) is 3. The van der Waals surface area contributed by atoms with E-state index in [1.54, 1.807) is 0 Å². The molecule has 84 valence electrons. The number of hydrogen-bond donors (Lipinski definition) is 3. The Hall–Kier alpha value is -0.820. The number of carbonyl (C=O) groups is 1. The van der Waals surface area contributed by atoms with Gasteiger partial charge >= 0.3 is 12.1 Å². The Morgan fingerprint density at radius 2 is 1.93 bits per heavy atom. The molecule has 1 fully saturated rings. The predicted molar refractivity (Wildman–Crippen MR) is 41.8 cm³/mol. The zero-order valence-electron chi connectivity index (χ0n) is 7.56. The quantitative estimate of drug-likeness (QED) is 0.590. The fourth-order valence-electron chi connectivity index (χ4n) is 0.687. The lowest BCUT2D eigenvalue weighted by Crippen LogP contribution is -2.57. The molecule has 7 heteroatoms. The third-order valence-corrected chi connectivity index (χ3v) is 1.82. The number of nitrogens with one attached hydrogen (secondary N) is 1. The van der Waals surface area contributed by atoms with Crippen molar-refractivity contribution in [3.05, 3.63) is 0 Å². The Bertz CT molecular complexity index is 195. The summed E-state index contributed by atoms with van der Waals surface area (Å²) in [5, 5.41) is 18.8. The number of aliphatic carboxylic acids is 1. The second kappa shape index (κ2) is 4.61. The molecule has 3 N–H and O–H groups in total. The third kappa shape index (κ3) is 4.43. The minimum Gasteiger partial charge on any atom is -0.475 e. The van der Waals surface area contributed by atoms with E-state index < -0.39 is 12.1 Å². The number of aliphatic hydroxyl groups excluding tert-OH is 1. The number of rotatable bonds is 1. The summed E-state index contributed by atoms with van der Waals surface area (Å²) in [6, 6.07) is 0. The van der Waals surface area contributed by atoms with Crippen LogP contribution in [0.1, 0.15) is 13.3 Å². The van der Waals surface area contributed by atoms with E-state index in [9.17, 15) is 13.2 Å². The van der Waals surface area contributed by atoms with Crippen LogP contribution in [0.15, 0.2) is 0 Å². The van der Waals surface area contributed by atoms with Gasteiger partial charge in [-0.05, 0) is 19.9 Å². The summed E-state index contributed by atoms with van der Waals surface area (Å²) in [6.07, 6.45) is -3.97. The topological polar surface area (TPSA) is 69.6 Å². The number of aliphatic hydroxyl groups is 1. The second-order valence-corrected chi connectivity index (χ2v) is 3.20. The summed E-state index contributed by atoms with van der Waals surface area (Å²) < 4.78 is 31.7. The Morgan fingerprint density at radius 1 is 1.57 bits per heavy atom. The minimum atomic E-state index is -5.08. The van der Waals surface area contributed by atoms with E-state index in [4.69, 9.17) is 15.0 Å². The summed E-state index contributed by atoms with van der Waals surface area (Å²) in [4.78, 5) is 8.90. The van der Waals surface area contributed by atoms with Crippen molar-refractivity contribution in [2.75, 3.05) is 13.2 Å². The van der Waals surface area contributed by atoms with E-state index in [0.717, 1.165) is 13.0 Å². The molecule has 1 heterocycles. The average Bonchev–Trinajstić information content (AvgIpc) is 1.99. The van der Waals surface area contributed by atoms with Gasteiger partial charge in [-0.3, -0.25) is 0 Å². The van der Waals surface area contributed by atoms with Crippen LogP contribution in [0.3, 0.4) is 0 Å². The molecule has 1 aliphatic heterocycles. The van der Waals surface area contributed by atoms with Gasteiger partial charge in [0.1, 0.15) is 0 Å². The van der Waals surface area contributed by atoms with E-state index in [-0.39, 0.29) is 12.1 Å². The van der Waals surface area contributed by atoms with E-state index >= 15 is 0 Å². The summed E-state index contributed by atoms with van der Waals surface area (Å²) in [7, 11) is 0. The number of halogens is 3. The number of alkyl halides is 3. The molecule has 14 heavy (non-hydrogen) atoms. The first-order chi connectivity index (χ1) is 6.21. The molecule has 1 rings (SSSR count). The summed E-state index contributed by atoms with van der Waals surface area (Å²) >= 11 is 0. The Balaban J connectivity index is 0.000000241. The maximum absolute atomic E-state index is 10.6. The van der Waals surface area contributed by atoms with E-state index in [1.165, 1.54) is 0 Å². The van der Waals surface area contributed by atoms with Crippen molar-refractivity contribution >= 4 is 5.97 Å².